The van der Waals surface area contributed by atoms with Gasteiger partial charge in [0.15, 0.2) is 0 Å². The highest BCUT2D eigenvalue weighted by atomic mass is 79.9. The van der Waals surface area contributed by atoms with Crippen LogP contribution in [0, 0.1) is 0 Å². The van der Waals surface area contributed by atoms with Gasteiger partial charge in [-0.1, -0.05) is 15.9 Å². The second kappa shape index (κ2) is 6.89. The molecule has 0 spiro atoms. The molecular formula is C12H19BrN2O. The zero-order chi connectivity index (χ0) is 12.0. The molecule has 0 amide bonds. The quantitative estimate of drug-likeness (QED) is 0.816. The first-order valence-corrected chi connectivity index (χ1v) is 6.25. The van der Waals surface area contributed by atoms with Crippen LogP contribution in [0.5, 0.6) is 0 Å². The van der Waals surface area contributed by atoms with Gasteiger partial charge in [-0.25, -0.2) is 0 Å². The van der Waals surface area contributed by atoms with E-state index in [0.29, 0.717) is 6.54 Å². The molecule has 0 saturated carbocycles. The number of halogens is 1. The zero-order valence-corrected chi connectivity index (χ0v) is 11.5. The van der Waals surface area contributed by atoms with E-state index in [1.807, 2.05) is 13.0 Å². The Bertz CT molecular complexity index is 331. The van der Waals surface area contributed by atoms with Crippen LogP contribution in [0.15, 0.2) is 22.7 Å². The van der Waals surface area contributed by atoms with Gasteiger partial charge in [0.25, 0.3) is 0 Å². The smallest absolute Gasteiger partial charge is 0.0641 e. The number of likely N-dealkylation sites (N-methyl/N-ethyl adjacent to an activating group) is 1. The van der Waals surface area contributed by atoms with Gasteiger partial charge < -0.3 is 15.4 Å². The first-order valence-electron chi connectivity index (χ1n) is 5.46. The van der Waals surface area contributed by atoms with Crippen LogP contribution in [-0.2, 0) is 11.3 Å². The second-order valence-corrected chi connectivity index (χ2v) is 4.51. The molecular weight excluding hydrogens is 268 g/mol. The normalized spacial score (nSPS) is 10.5. The summed E-state index contributed by atoms with van der Waals surface area (Å²) in [6, 6.07) is 6.18. The number of nitrogens with zero attached hydrogens (tertiary/aromatic N) is 1. The molecule has 1 aromatic rings. The number of hydrogen-bond donors (Lipinski definition) is 1. The lowest BCUT2D eigenvalue weighted by atomic mass is 10.1. The first-order chi connectivity index (χ1) is 7.69. The third kappa shape index (κ3) is 3.77. The van der Waals surface area contributed by atoms with E-state index in [4.69, 9.17) is 10.5 Å². The maximum absolute atomic E-state index is 5.73. The molecule has 16 heavy (non-hydrogen) atoms. The molecule has 0 heterocycles. The molecule has 0 fully saturated rings. The Morgan fingerprint density at radius 2 is 2.19 bits per heavy atom. The molecule has 0 aliphatic heterocycles. The average molecular weight is 287 g/mol. The lowest BCUT2D eigenvalue weighted by Gasteiger charge is -2.22. The Morgan fingerprint density at radius 3 is 2.81 bits per heavy atom. The van der Waals surface area contributed by atoms with E-state index >= 15 is 0 Å². The molecule has 1 aromatic carbocycles. The SMILES string of the molecule is CCOCCN(C)c1ccc(Br)cc1CN. The van der Waals surface area contributed by atoms with Gasteiger partial charge in [-0.05, 0) is 30.7 Å². The summed E-state index contributed by atoms with van der Waals surface area (Å²) < 4.78 is 6.41. The van der Waals surface area contributed by atoms with Crippen molar-refractivity contribution in [3.63, 3.8) is 0 Å². The first kappa shape index (κ1) is 13.5. The molecule has 0 aromatic heterocycles. The van der Waals surface area contributed by atoms with Crippen LogP contribution in [-0.4, -0.2) is 26.8 Å². The van der Waals surface area contributed by atoms with Crippen molar-refractivity contribution in [2.75, 3.05) is 31.7 Å². The van der Waals surface area contributed by atoms with E-state index in [0.717, 1.165) is 29.8 Å². The van der Waals surface area contributed by atoms with Crippen LogP contribution >= 0.6 is 15.9 Å². The summed E-state index contributed by atoms with van der Waals surface area (Å²) in [6.07, 6.45) is 0. The molecule has 3 nitrogen and oxygen atoms in total. The highest BCUT2D eigenvalue weighted by Crippen LogP contribution is 2.23. The van der Waals surface area contributed by atoms with Crippen molar-refractivity contribution in [1.29, 1.82) is 0 Å². The van der Waals surface area contributed by atoms with Crippen LogP contribution in [0.1, 0.15) is 12.5 Å². The third-order valence-electron chi connectivity index (χ3n) is 2.45. The molecule has 0 atom stereocenters. The highest BCUT2D eigenvalue weighted by Gasteiger charge is 2.06. The van der Waals surface area contributed by atoms with Gasteiger partial charge in [0.05, 0.1) is 6.61 Å². The fraction of sp³-hybridized carbons (Fsp3) is 0.500. The van der Waals surface area contributed by atoms with Gasteiger partial charge in [0.2, 0.25) is 0 Å². The van der Waals surface area contributed by atoms with Gasteiger partial charge in [-0.3, -0.25) is 0 Å². The van der Waals surface area contributed by atoms with Crippen molar-refractivity contribution >= 4 is 21.6 Å². The van der Waals surface area contributed by atoms with Gasteiger partial charge in [-0.15, -0.1) is 0 Å². The van der Waals surface area contributed by atoms with E-state index in [1.54, 1.807) is 0 Å². The summed E-state index contributed by atoms with van der Waals surface area (Å²) in [5.74, 6) is 0. The summed E-state index contributed by atoms with van der Waals surface area (Å²) in [7, 11) is 2.06. The lowest BCUT2D eigenvalue weighted by Crippen LogP contribution is -2.24. The molecule has 0 aliphatic rings. The van der Waals surface area contributed by atoms with Gasteiger partial charge in [0, 0.05) is 36.9 Å². The predicted molar refractivity (Wildman–Crippen MR) is 71.8 cm³/mol. The Morgan fingerprint density at radius 1 is 1.44 bits per heavy atom. The fourth-order valence-corrected chi connectivity index (χ4v) is 1.96. The Kier molecular flexibility index (Phi) is 5.80. The van der Waals surface area contributed by atoms with Crippen molar-refractivity contribution in [2.24, 2.45) is 5.73 Å². The van der Waals surface area contributed by atoms with E-state index in [1.165, 1.54) is 5.69 Å². The topological polar surface area (TPSA) is 38.5 Å². The molecule has 0 unspecified atom stereocenters. The summed E-state index contributed by atoms with van der Waals surface area (Å²) >= 11 is 3.45. The fourth-order valence-electron chi connectivity index (χ4n) is 1.56. The third-order valence-corrected chi connectivity index (χ3v) is 2.94. The van der Waals surface area contributed by atoms with Crippen LogP contribution < -0.4 is 10.6 Å². The van der Waals surface area contributed by atoms with E-state index in [9.17, 15) is 0 Å². The van der Waals surface area contributed by atoms with Gasteiger partial charge in [0.1, 0.15) is 0 Å². The van der Waals surface area contributed by atoms with Crippen molar-refractivity contribution in [2.45, 2.75) is 13.5 Å². The van der Waals surface area contributed by atoms with Crippen LogP contribution in [0.3, 0.4) is 0 Å². The van der Waals surface area contributed by atoms with Gasteiger partial charge >= 0.3 is 0 Å². The van der Waals surface area contributed by atoms with Crippen LogP contribution in [0.4, 0.5) is 5.69 Å². The summed E-state index contributed by atoms with van der Waals surface area (Å²) in [5, 5.41) is 0. The number of hydrogen-bond acceptors (Lipinski definition) is 3. The largest absolute Gasteiger partial charge is 0.380 e. The number of nitrogens with two attached hydrogens (primary N) is 1. The molecule has 2 N–H and O–H groups in total. The number of anilines is 1. The average Bonchev–Trinajstić information content (AvgIpc) is 2.29. The molecule has 0 radical (unpaired) electrons. The lowest BCUT2D eigenvalue weighted by molar-refractivity contribution is 0.154. The molecule has 0 bridgehead atoms. The number of rotatable bonds is 6. The minimum Gasteiger partial charge on any atom is -0.380 e. The Balaban J connectivity index is 2.70. The van der Waals surface area contributed by atoms with Crippen molar-refractivity contribution in [3.05, 3.63) is 28.2 Å². The summed E-state index contributed by atoms with van der Waals surface area (Å²) in [4.78, 5) is 2.17. The van der Waals surface area contributed by atoms with Crippen molar-refractivity contribution in [1.82, 2.24) is 0 Å². The molecule has 90 valence electrons. The van der Waals surface area contributed by atoms with Gasteiger partial charge in [-0.2, -0.15) is 0 Å². The van der Waals surface area contributed by atoms with E-state index in [2.05, 4.69) is 40.0 Å². The molecule has 0 saturated heterocycles. The maximum atomic E-state index is 5.73. The highest BCUT2D eigenvalue weighted by molar-refractivity contribution is 9.10. The summed E-state index contributed by atoms with van der Waals surface area (Å²) in [5.41, 5.74) is 8.05. The maximum Gasteiger partial charge on any atom is 0.0641 e. The van der Waals surface area contributed by atoms with Crippen LogP contribution in [0.25, 0.3) is 0 Å². The number of ether oxygens (including phenoxy) is 1. The van der Waals surface area contributed by atoms with Crippen LogP contribution in [0.2, 0.25) is 0 Å². The summed E-state index contributed by atoms with van der Waals surface area (Å²) in [6.45, 7) is 4.94. The zero-order valence-electron chi connectivity index (χ0n) is 9.87. The van der Waals surface area contributed by atoms with E-state index in [-0.39, 0.29) is 0 Å². The van der Waals surface area contributed by atoms with Crippen molar-refractivity contribution < 1.29 is 4.74 Å². The Labute approximate surface area is 106 Å². The monoisotopic (exact) mass is 286 g/mol. The Hall–Kier alpha value is -0.580. The standard InChI is InChI=1S/C12H19BrN2O/c1-3-16-7-6-15(2)12-5-4-11(13)8-10(12)9-14/h4-5,8H,3,6-7,9,14H2,1-2H3. The predicted octanol–water partition coefficient (Wildman–Crippen LogP) is 2.38. The minimum atomic E-state index is 0.549. The molecule has 0 aliphatic carbocycles. The van der Waals surface area contributed by atoms with Crippen molar-refractivity contribution in [3.8, 4) is 0 Å². The molecule has 4 heteroatoms. The second-order valence-electron chi connectivity index (χ2n) is 3.60. The van der Waals surface area contributed by atoms with E-state index < -0.39 is 0 Å². The number of benzene rings is 1. The minimum absolute atomic E-state index is 0.549. The molecule has 1 rings (SSSR count).